The molecule has 0 N–H and O–H groups in total. The lowest BCUT2D eigenvalue weighted by atomic mass is 10.1. The molecule has 1 aromatic carbocycles. The number of aromatic nitrogens is 2. The quantitative estimate of drug-likeness (QED) is 0.817. The average Bonchev–Trinajstić information content (AvgIpc) is 3.01. The molecule has 0 atom stereocenters. The third-order valence-corrected chi connectivity index (χ3v) is 3.79. The fraction of sp³-hybridized carbons (Fsp3) is 0.333. The second kappa shape index (κ2) is 5.76. The van der Waals surface area contributed by atoms with Crippen LogP contribution in [-0.2, 0) is 6.18 Å². The molecule has 116 valence electrons. The maximum Gasteiger partial charge on any atom is 0.433 e. The van der Waals surface area contributed by atoms with E-state index in [1.807, 2.05) is 0 Å². The smallest absolute Gasteiger partial charge is 0.341 e. The molecule has 0 saturated carbocycles. The summed E-state index contributed by atoms with van der Waals surface area (Å²) in [5, 5.41) is 0.522. The van der Waals surface area contributed by atoms with Crippen LogP contribution >= 0.6 is 11.6 Å². The molecule has 0 spiro atoms. The average molecular weight is 328 g/mol. The Kier molecular flexibility index (Phi) is 3.95. The Morgan fingerprint density at radius 3 is 2.23 bits per heavy atom. The molecule has 2 aromatic rings. The van der Waals surface area contributed by atoms with Crippen LogP contribution in [0.4, 0.5) is 19.1 Å². The van der Waals surface area contributed by atoms with Crippen LogP contribution in [0.25, 0.3) is 11.3 Å². The predicted molar refractivity (Wildman–Crippen MR) is 78.9 cm³/mol. The largest absolute Gasteiger partial charge is 0.433 e. The summed E-state index contributed by atoms with van der Waals surface area (Å²) >= 11 is 5.82. The number of rotatable bonds is 2. The van der Waals surface area contributed by atoms with Crippen LogP contribution < -0.4 is 4.90 Å². The molecule has 1 aliphatic heterocycles. The van der Waals surface area contributed by atoms with E-state index < -0.39 is 11.9 Å². The highest BCUT2D eigenvalue weighted by atomic mass is 35.5. The Morgan fingerprint density at radius 2 is 1.64 bits per heavy atom. The SMILES string of the molecule is FC(F)(F)c1cc(-c2ccc(Cl)cc2)nc(N2CCCC2)n1. The van der Waals surface area contributed by atoms with E-state index in [0.717, 1.165) is 18.9 Å². The Hall–Kier alpha value is -1.82. The topological polar surface area (TPSA) is 29.0 Å². The Bertz CT molecular complexity index is 665. The van der Waals surface area contributed by atoms with Crippen molar-refractivity contribution >= 4 is 17.5 Å². The van der Waals surface area contributed by atoms with Gasteiger partial charge in [-0.2, -0.15) is 13.2 Å². The zero-order valence-corrected chi connectivity index (χ0v) is 12.3. The van der Waals surface area contributed by atoms with Gasteiger partial charge in [0.05, 0.1) is 5.69 Å². The van der Waals surface area contributed by atoms with E-state index >= 15 is 0 Å². The van der Waals surface area contributed by atoms with E-state index in [4.69, 9.17) is 11.6 Å². The predicted octanol–water partition coefficient (Wildman–Crippen LogP) is 4.42. The van der Waals surface area contributed by atoms with Crippen LogP contribution in [0.2, 0.25) is 5.02 Å². The van der Waals surface area contributed by atoms with Gasteiger partial charge in [-0.15, -0.1) is 0 Å². The van der Waals surface area contributed by atoms with Gasteiger partial charge in [0.1, 0.15) is 0 Å². The van der Waals surface area contributed by atoms with Gasteiger partial charge < -0.3 is 4.90 Å². The lowest BCUT2D eigenvalue weighted by molar-refractivity contribution is -0.141. The lowest BCUT2D eigenvalue weighted by Crippen LogP contribution is -2.22. The summed E-state index contributed by atoms with van der Waals surface area (Å²) in [4.78, 5) is 9.78. The molecule has 3 rings (SSSR count). The second-order valence-electron chi connectivity index (χ2n) is 5.14. The van der Waals surface area contributed by atoms with E-state index in [0.29, 0.717) is 23.7 Å². The van der Waals surface area contributed by atoms with Crippen molar-refractivity contribution in [3.8, 4) is 11.3 Å². The molecule has 7 heteroatoms. The number of nitrogens with zero attached hydrogens (tertiary/aromatic N) is 3. The van der Waals surface area contributed by atoms with Crippen molar-refractivity contribution in [2.45, 2.75) is 19.0 Å². The Morgan fingerprint density at radius 1 is 1.00 bits per heavy atom. The molecule has 0 bridgehead atoms. The molecule has 1 aliphatic rings. The first-order valence-electron chi connectivity index (χ1n) is 6.91. The Balaban J connectivity index is 2.08. The second-order valence-corrected chi connectivity index (χ2v) is 5.57. The number of halogens is 4. The molecule has 0 aliphatic carbocycles. The van der Waals surface area contributed by atoms with E-state index in [2.05, 4.69) is 9.97 Å². The van der Waals surface area contributed by atoms with Crippen molar-refractivity contribution in [1.82, 2.24) is 9.97 Å². The number of alkyl halides is 3. The molecular weight excluding hydrogens is 315 g/mol. The molecule has 0 amide bonds. The third kappa shape index (κ3) is 3.16. The highest BCUT2D eigenvalue weighted by Gasteiger charge is 2.34. The van der Waals surface area contributed by atoms with Crippen LogP contribution in [0, 0.1) is 0 Å². The van der Waals surface area contributed by atoms with Crippen molar-refractivity contribution in [1.29, 1.82) is 0 Å². The van der Waals surface area contributed by atoms with Gasteiger partial charge in [0.2, 0.25) is 5.95 Å². The normalized spacial score (nSPS) is 15.4. The molecule has 0 radical (unpaired) electrons. The van der Waals surface area contributed by atoms with Gasteiger partial charge in [0.15, 0.2) is 5.69 Å². The van der Waals surface area contributed by atoms with Crippen molar-refractivity contribution < 1.29 is 13.2 Å². The number of hydrogen-bond acceptors (Lipinski definition) is 3. The minimum Gasteiger partial charge on any atom is -0.341 e. The zero-order chi connectivity index (χ0) is 15.7. The van der Waals surface area contributed by atoms with Crippen LogP contribution in [0.1, 0.15) is 18.5 Å². The molecule has 1 saturated heterocycles. The van der Waals surface area contributed by atoms with Gasteiger partial charge in [-0.05, 0) is 31.0 Å². The highest BCUT2D eigenvalue weighted by Crippen LogP contribution is 2.32. The van der Waals surface area contributed by atoms with Gasteiger partial charge in [0.25, 0.3) is 0 Å². The fourth-order valence-corrected chi connectivity index (χ4v) is 2.53. The monoisotopic (exact) mass is 327 g/mol. The summed E-state index contributed by atoms with van der Waals surface area (Å²) in [6.07, 6.45) is -2.62. The first kappa shape index (κ1) is 15.1. The maximum absolute atomic E-state index is 13.1. The van der Waals surface area contributed by atoms with Gasteiger partial charge >= 0.3 is 6.18 Å². The minimum atomic E-state index is -4.50. The molecule has 0 unspecified atom stereocenters. The van der Waals surface area contributed by atoms with Gasteiger partial charge in [-0.1, -0.05) is 23.7 Å². The maximum atomic E-state index is 13.1. The van der Waals surface area contributed by atoms with Crippen LogP contribution in [0.3, 0.4) is 0 Å². The van der Waals surface area contributed by atoms with Crippen LogP contribution in [0.15, 0.2) is 30.3 Å². The van der Waals surface area contributed by atoms with Crippen molar-refractivity contribution in [3.63, 3.8) is 0 Å². The highest BCUT2D eigenvalue weighted by molar-refractivity contribution is 6.30. The van der Waals surface area contributed by atoms with Gasteiger partial charge in [0, 0.05) is 23.7 Å². The first-order valence-corrected chi connectivity index (χ1v) is 7.28. The zero-order valence-electron chi connectivity index (χ0n) is 11.6. The molecule has 22 heavy (non-hydrogen) atoms. The summed E-state index contributed by atoms with van der Waals surface area (Å²) in [5.41, 5.74) is -0.0898. The molecule has 2 heterocycles. The van der Waals surface area contributed by atoms with E-state index in [9.17, 15) is 13.2 Å². The van der Waals surface area contributed by atoms with Gasteiger partial charge in [-0.3, -0.25) is 0 Å². The van der Waals surface area contributed by atoms with Crippen molar-refractivity contribution in [3.05, 3.63) is 41.0 Å². The summed E-state index contributed by atoms with van der Waals surface area (Å²) in [5.74, 6) is 0.136. The summed E-state index contributed by atoms with van der Waals surface area (Å²) in [6.45, 7) is 1.36. The number of benzene rings is 1. The molecule has 1 aromatic heterocycles. The summed E-state index contributed by atoms with van der Waals surface area (Å²) in [7, 11) is 0. The van der Waals surface area contributed by atoms with E-state index in [-0.39, 0.29) is 11.6 Å². The third-order valence-electron chi connectivity index (χ3n) is 3.53. The van der Waals surface area contributed by atoms with Gasteiger partial charge in [-0.25, -0.2) is 9.97 Å². The lowest BCUT2D eigenvalue weighted by Gasteiger charge is -2.18. The summed E-state index contributed by atoms with van der Waals surface area (Å²) in [6, 6.07) is 7.53. The number of hydrogen-bond donors (Lipinski definition) is 0. The standard InChI is InChI=1S/C15H13ClF3N3/c16-11-5-3-10(4-6-11)12-9-13(15(17,18)19)21-14(20-12)22-7-1-2-8-22/h3-6,9H,1-2,7-8H2. The van der Waals surface area contributed by atoms with Crippen molar-refractivity contribution in [2.24, 2.45) is 0 Å². The molecule has 3 nitrogen and oxygen atoms in total. The number of anilines is 1. The summed E-state index contributed by atoms with van der Waals surface area (Å²) < 4.78 is 39.3. The van der Waals surface area contributed by atoms with Crippen LogP contribution in [-0.4, -0.2) is 23.1 Å². The van der Waals surface area contributed by atoms with E-state index in [1.54, 1.807) is 29.2 Å². The fourth-order valence-electron chi connectivity index (χ4n) is 2.41. The molecule has 1 fully saturated rings. The van der Waals surface area contributed by atoms with Crippen molar-refractivity contribution in [2.75, 3.05) is 18.0 Å². The van der Waals surface area contributed by atoms with Crippen LogP contribution in [0.5, 0.6) is 0 Å². The molecular formula is C15H13ClF3N3. The first-order chi connectivity index (χ1) is 10.4. The minimum absolute atomic E-state index is 0.136. The van der Waals surface area contributed by atoms with E-state index in [1.165, 1.54) is 0 Å². The Labute approximate surface area is 130 Å².